The maximum atomic E-state index is 13.0. The smallest absolute Gasteiger partial charge is 0.274 e. The molecule has 0 bridgehead atoms. The van der Waals surface area contributed by atoms with Crippen molar-refractivity contribution in [1.82, 2.24) is 25.2 Å². The van der Waals surface area contributed by atoms with Crippen LogP contribution in [0.15, 0.2) is 34.8 Å². The summed E-state index contributed by atoms with van der Waals surface area (Å²) in [4.78, 5) is 17.6. The van der Waals surface area contributed by atoms with Crippen molar-refractivity contribution in [3.8, 4) is 0 Å². The third kappa shape index (κ3) is 4.45. The van der Waals surface area contributed by atoms with Gasteiger partial charge in [-0.2, -0.15) is 13.2 Å². The maximum Gasteiger partial charge on any atom is 0.416 e. The summed E-state index contributed by atoms with van der Waals surface area (Å²) in [6.45, 7) is 1.28. The summed E-state index contributed by atoms with van der Waals surface area (Å²) < 4.78 is 40.4. The second-order valence-corrected chi connectivity index (χ2v) is 7.18. The molecule has 0 radical (unpaired) electrons. The number of aromatic nitrogens is 5. The summed E-state index contributed by atoms with van der Waals surface area (Å²) in [6.07, 6.45) is -4.49. The zero-order chi connectivity index (χ0) is 19.6. The van der Waals surface area contributed by atoms with Gasteiger partial charge in [0.2, 0.25) is 11.1 Å². The van der Waals surface area contributed by atoms with Crippen molar-refractivity contribution in [3.63, 3.8) is 0 Å². The minimum absolute atomic E-state index is 0.114. The van der Waals surface area contributed by atoms with Gasteiger partial charge in [-0.1, -0.05) is 17.8 Å². The zero-order valence-corrected chi connectivity index (χ0v) is 15.8. The van der Waals surface area contributed by atoms with Crippen LogP contribution < -0.4 is 4.90 Å². The molecule has 142 valence electrons. The Morgan fingerprint density at radius 3 is 2.78 bits per heavy atom. The Morgan fingerprint density at radius 1 is 1.37 bits per heavy atom. The van der Waals surface area contributed by atoms with E-state index in [2.05, 4.69) is 20.5 Å². The van der Waals surface area contributed by atoms with E-state index in [-0.39, 0.29) is 5.69 Å². The number of tetrazole rings is 1. The number of amides is 1. The van der Waals surface area contributed by atoms with Crippen molar-refractivity contribution >= 4 is 39.8 Å². The Morgan fingerprint density at radius 2 is 2.15 bits per heavy atom. The molecule has 2 aromatic heterocycles. The van der Waals surface area contributed by atoms with E-state index in [0.29, 0.717) is 21.7 Å². The molecule has 27 heavy (non-hydrogen) atoms. The molecular weight excluding hydrogens is 401 g/mol. The maximum absolute atomic E-state index is 13.0. The van der Waals surface area contributed by atoms with Gasteiger partial charge in [0.1, 0.15) is 0 Å². The van der Waals surface area contributed by atoms with Crippen molar-refractivity contribution < 1.29 is 18.0 Å². The van der Waals surface area contributed by atoms with Crippen LogP contribution in [0.3, 0.4) is 0 Å². The van der Waals surface area contributed by atoms with E-state index < -0.39 is 17.6 Å². The van der Waals surface area contributed by atoms with Crippen LogP contribution in [-0.2, 0) is 23.8 Å². The number of halogens is 3. The molecular formula is C15H13F3N6OS2. The monoisotopic (exact) mass is 414 g/mol. The predicted octanol–water partition coefficient (Wildman–Crippen LogP) is 3.66. The molecule has 3 aromatic rings. The number of hydrogen-bond acceptors (Lipinski definition) is 7. The van der Waals surface area contributed by atoms with Crippen LogP contribution in [-0.4, -0.2) is 31.1 Å². The van der Waals surface area contributed by atoms with E-state index in [1.807, 2.05) is 0 Å². The number of carbonyl (C=O) groups excluding carboxylic acids is 1. The van der Waals surface area contributed by atoms with Crippen LogP contribution in [0.5, 0.6) is 0 Å². The van der Waals surface area contributed by atoms with Gasteiger partial charge in [-0.25, -0.2) is 9.67 Å². The number of carbonyl (C=O) groups is 1. The van der Waals surface area contributed by atoms with Gasteiger partial charge in [0, 0.05) is 25.1 Å². The second kappa shape index (κ2) is 7.64. The number of aryl methyl sites for hydroxylation is 1. The van der Waals surface area contributed by atoms with E-state index >= 15 is 0 Å². The lowest BCUT2D eigenvalue weighted by Crippen LogP contribution is -2.23. The molecule has 0 aliphatic rings. The van der Waals surface area contributed by atoms with Gasteiger partial charge in [0.05, 0.1) is 16.9 Å². The molecule has 0 aliphatic heterocycles. The normalized spacial score (nSPS) is 11.6. The number of anilines is 2. The molecule has 3 rings (SSSR count). The molecule has 0 atom stereocenters. The number of rotatable bonds is 5. The largest absolute Gasteiger partial charge is 0.416 e. The molecule has 1 amide bonds. The highest BCUT2D eigenvalue weighted by Gasteiger charge is 2.31. The predicted molar refractivity (Wildman–Crippen MR) is 94.7 cm³/mol. The minimum atomic E-state index is -4.49. The first-order valence-electron chi connectivity index (χ1n) is 7.53. The number of thioether (sulfide) groups is 1. The molecule has 0 aliphatic carbocycles. The van der Waals surface area contributed by atoms with E-state index in [1.165, 1.54) is 46.8 Å². The van der Waals surface area contributed by atoms with E-state index in [9.17, 15) is 18.0 Å². The van der Waals surface area contributed by atoms with Gasteiger partial charge in [-0.15, -0.1) is 16.4 Å². The fraction of sp³-hybridized carbons (Fsp3) is 0.267. The van der Waals surface area contributed by atoms with E-state index in [4.69, 9.17) is 0 Å². The third-order valence-electron chi connectivity index (χ3n) is 3.41. The minimum Gasteiger partial charge on any atom is -0.274 e. The van der Waals surface area contributed by atoms with Crippen LogP contribution >= 0.6 is 23.1 Å². The van der Waals surface area contributed by atoms with Crippen LogP contribution in [0.2, 0.25) is 0 Å². The molecule has 2 heterocycles. The number of alkyl halides is 3. The summed E-state index contributed by atoms with van der Waals surface area (Å²) in [6, 6.07) is 4.60. The average molecular weight is 414 g/mol. The molecule has 0 saturated heterocycles. The summed E-state index contributed by atoms with van der Waals surface area (Å²) in [5.41, 5.74) is -0.0435. The molecule has 0 saturated carbocycles. The Labute approximate surface area is 160 Å². The van der Waals surface area contributed by atoms with Crippen molar-refractivity contribution in [2.45, 2.75) is 24.0 Å². The van der Waals surface area contributed by atoms with Gasteiger partial charge in [0.15, 0.2) is 5.13 Å². The fourth-order valence-corrected chi connectivity index (χ4v) is 3.93. The Hall–Kier alpha value is -2.47. The zero-order valence-electron chi connectivity index (χ0n) is 14.1. The third-order valence-corrected chi connectivity index (χ3v) is 5.33. The first-order valence-corrected chi connectivity index (χ1v) is 9.40. The lowest BCUT2D eigenvalue weighted by Gasteiger charge is -2.19. The molecule has 0 fully saturated rings. The average Bonchev–Trinajstić information content (AvgIpc) is 3.21. The summed E-state index contributed by atoms with van der Waals surface area (Å²) in [7, 11) is 1.71. The van der Waals surface area contributed by atoms with Gasteiger partial charge >= 0.3 is 6.18 Å². The highest BCUT2D eigenvalue weighted by atomic mass is 32.2. The Bertz CT molecular complexity index is 955. The fourth-order valence-electron chi connectivity index (χ4n) is 2.20. The number of nitrogens with zero attached hydrogens (tertiary/aromatic N) is 6. The van der Waals surface area contributed by atoms with Crippen molar-refractivity contribution in [3.05, 3.63) is 40.9 Å². The van der Waals surface area contributed by atoms with Crippen molar-refractivity contribution in [2.75, 3.05) is 4.90 Å². The number of benzene rings is 1. The van der Waals surface area contributed by atoms with Gasteiger partial charge in [-0.05, 0) is 28.6 Å². The quantitative estimate of drug-likeness (QED) is 0.593. The molecule has 0 N–H and O–H groups in total. The molecule has 0 unspecified atom stereocenters. The van der Waals surface area contributed by atoms with Gasteiger partial charge in [0.25, 0.3) is 0 Å². The van der Waals surface area contributed by atoms with Crippen LogP contribution in [0.4, 0.5) is 24.0 Å². The first-order chi connectivity index (χ1) is 12.8. The first kappa shape index (κ1) is 19.3. The Kier molecular flexibility index (Phi) is 5.46. The van der Waals surface area contributed by atoms with Crippen LogP contribution in [0, 0.1) is 0 Å². The van der Waals surface area contributed by atoms with Crippen molar-refractivity contribution in [2.24, 2.45) is 7.05 Å². The highest BCUT2D eigenvalue weighted by molar-refractivity contribution is 7.98. The molecule has 0 spiro atoms. The molecule has 12 heteroatoms. The second-order valence-electron chi connectivity index (χ2n) is 5.40. The van der Waals surface area contributed by atoms with Crippen molar-refractivity contribution in [1.29, 1.82) is 0 Å². The van der Waals surface area contributed by atoms with Crippen LogP contribution in [0.25, 0.3) is 0 Å². The topological polar surface area (TPSA) is 76.8 Å². The van der Waals surface area contributed by atoms with Gasteiger partial charge < -0.3 is 0 Å². The summed E-state index contributed by atoms with van der Waals surface area (Å²) >= 11 is 2.54. The Balaban J connectivity index is 1.83. The lowest BCUT2D eigenvalue weighted by molar-refractivity contribution is -0.137. The number of thiazole rings is 1. The van der Waals surface area contributed by atoms with E-state index in [0.717, 1.165) is 17.0 Å². The SMILES string of the molecule is CC(=O)N(c1cccc(C(F)(F)F)c1)c1nc(CSc2nnnn2C)cs1. The standard InChI is InChI=1S/C15H13F3N6OS2/c1-9(25)24(12-5-3-4-10(6-12)15(16,17)18)13-19-11(7-26-13)8-27-14-20-21-22-23(14)2/h3-7H,8H2,1-2H3. The van der Waals surface area contributed by atoms with E-state index in [1.54, 1.807) is 12.4 Å². The number of hydrogen-bond donors (Lipinski definition) is 0. The molecule has 1 aromatic carbocycles. The summed E-state index contributed by atoms with van der Waals surface area (Å²) in [5, 5.41) is 13.8. The summed E-state index contributed by atoms with van der Waals surface area (Å²) in [5.74, 6) is 0.0272. The lowest BCUT2D eigenvalue weighted by atomic mass is 10.2. The van der Waals surface area contributed by atoms with Gasteiger partial charge in [-0.3, -0.25) is 9.69 Å². The highest BCUT2D eigenvalue weighted by Crippen LogP contribution is 2.35. The molecule has 7 nitrogen and oxygen atoms in total. The van der Waals surface area contributed by atoms with Crippen LogP contribution in [0.1, 0.15) is 18.2 Å².